The van der Waals surface area contributed by atoms with Gasteiger partial charge in [0.25, 0.3) is 0 Å². The van der Waals surface area contributed by atoms with Gasteiger partial charge in [0, 0.05) is 18.0 Å². The number of H-pyrrole nitrogens is 1. The lowest BCUT2D eigenvalue weighted by molar-refractivity contribution is -0.147. The molecule has 0 aliphatic carbocycles. The third-order valence-corrected chi connectivity index (χ3v) is 2.77. The highest BCUT2D eigenvalue weighted by atomic mass is 79.9. The van der Waals surface area contributed by atoms with Crippen molar-refractivity contribution in [3.05, 3.63) is 17.2 Å². The molecule has 1 aromatic heterocycles. The largest absolute Gasteiger partial charge is 0.404 e. The van der Waals surface area contributed by atoms with Crippen LogP contribution < -0.4 is 5.73 Å². The minimum atomic E-state index is -4.38. The number of imidazole rings is 1. The number of nitrogens with zero attached hydrogens (tertiary/aromatic N) is 1. The molecule has 0 radical (unpaired) electrons. The molecule has 3 N–H and O–H groups in total. The zero-order valence-corrected chi connectivity index (χ0v) is 13.2. The Morgan fingerprint density at radius 2 is 1.68 bits per heavy atom. The summed E-state index contributed by atoms with van der Waals surface area (Å²) < 4.78 is 37.4. The fourth-order valence-electron chi connectivity index (χ4n) is 1.69. The van der Waals surface area contributed by atoms with Gasteiger partial charge in [-0.15, -0.1) is 17.0 Å². The maximum Gasteiger partial charge on any atom is 0.404 e. The minimum Gasteiger partial charge on any atom is -0.345 e. The summed E-state index contributed by atoms with van der Waals surface area (Å²) in [7, 11) is 0. The van der Waals surface area contributed by atoms with Crippen LogP contribution in [-0.4, -0.2) is 22.2 Å². The topological polar surface area (TPSA) is 54.7 Å². The molecule has 3 nitrogen and oxygen atoms in total. The molecular weight excluding hydrogens is 323 g/mol. The number of hydrogen-bond donors (Lipinski definition) is 2. The summed E-state index contributed by atoms with van der Waals surface area (Å²) >= 11 is 0. The minimum absolute atomic E-state index is 0. The fourth-order valence-corrected chi connectivity index (χ4v) is 1.69. The van der Waals surface area contributed by atoms with E-state index in [9.17, 15) is 13.2 Å². The first-order chi connectivity index (χ1) is 8.12. The van der Waals surface area contributed by atoms with Gasteiger partial charge in [0.05, 0.1) is 5.69 Å². The Labute approximate surface area is 121 Å². The van der Waals surface area contributed by atoms with Crippen molar-refractivity contribution in [1.82, 2.24) is 9.97 Å². The van der Waals surface area contributed by atoms with E-state index in [1.165, 1.54) is 0 Å². The van der Waals surface area contributed by atoms with Gasteiger partial charge >= 0.3 is 6.18 Å². The number of rotatable bonds is 4. The molecule has 0 aromatic carbocycles. The van der Waals surface area contributed by atoms with Gasteiger partial charge in [0.15, 0.2) is 0 Å². The van der Waals surface area contributed by atoms with Crippen LogP contribution in [0.1, 0.15) is 56.7 Å². The molecule has 0 amide bonds. The van der Waals surface area contributed by atoms with E-state index in [-0.39, 0.29) is 35.2 Å². The average Bonchev–Trinajstić information content (AvgIpc) is 2.60. The van der Waals surface area contributed by atoms with Gasteiger partial charge < -0.3 is 10.7 Å². The molecule has 0 spiro atoms. The molecule has 7 heteroatoms. The van der Waals surface area contributed by atoms with E-state index in [0.717, 1.165) is 0 Å². The Kier molecular flexibility index (Phi) is 6.54. The van der Waals surface area contributed by atoms with Crippen molar-refractivity contribution in [3.8, 4) is 0 Å². The van der Waals surface area contributed by atoms with Crippen molar-refractivity contribution in [3.63, 3.8) is 0 Å². The van der Waals surface area contributed by atoms with Crippen molar-refractivity contribution >= 4 is 17.0 Å². The summed E-state index contributed by atoms with van der Waals surface area (Å²) in [4.78, 5) is 7.34. The second-order valence-corrected chi connectivity index (χ2v) is 5.15. The van der Waals surface area contributed by atoms with Gasteiger partial charge in [0.2, 0.25) is 0 Å². The first-order valence-electron chi connectivity index (χ1n) is 6.03. The van der Waals surface area contributed by atoms with Gasteiger partial charge in [-0.1, -0.05) is 27.7 Å². The zero-order chi connectivity index (χ0) is 14.1. The molecule has 1 heterocycles. The van der Waals surface area contributed by atoms with Crippen LogP contribution in [0, 0.1) is 0 Å². The third-order valence-electron chi connectivity index (χ3n) is 2.77. The number of nitrogens with one attached hydrogen (secondary N) is 1. The van der Waals surface area contributed by atoms with Crippen molar-refractivity contribution in [2.45, 2.75) is 58.2 Å². The molecule has 0 saturated carbocycles. The van der Waals surface area contributed by atoms with Crippen LogP contribution in [0.3, 0.4) is 0 Å². The molecule has 1 rings (SSSR count). The summed E-state index contributed by atoms with van der Waals surface area (Å²) in [5.74, 6) is 0.936. The number of aromatic nitrogens is 2. The predicted molar refractivity (Wildman–Crippen MR) is 74.8 cm³/mol. The van der Waals surface area contributed by atoms with Crippen LogP contribution >= 0.6 is 17.0 Å². The van der Waals surface area contributed by atoms with E-state index in [1.807, 2.05) is 27.7 Å². The van der Waals surface area contributed by atoms with E-state index >= 15 is 0 Å². The third kappa shape index (κ3) is 4.80. The molecule has 1 aromatic rings. The van der Waals surface area contributed by atoms with E-state index in [1.54, 1.807) is 0 Å². The predicted octanol–water partition coefficient (Wildman–Crippen LogP) is 3.67. The van der Waals surface area contributed by atoms with Crippen LogP contribution in [0.15, 0.2) is 0 Å². The first kappa shape index (κ1) is 18.4. The molecule has 1 unspecified atom stereocenters. The quantitative estimate of drug-likeness (QED) is 0.876. The van der Waals surface area contributed by atoms with Gasteiger partial charge in [-0.3, -0.25) is 0 Å². The maximum absolute atomic E-state index is 12.5. The molecule has 0 fully saturated rings. The van der Waals surface area contributed by atoms with Gasteiger partial charge in [-0.25, -0.2) is 4.98 Å². The molecular formula is C12H21BrF3N3. The summed E-state index contributed by atoms with van der Waals surface area (Å²) in [5.41, 5.74) is 6.34. The molecule has 0 bridgehead atoms. The maximum atomic E-state index is 12.5. The Morgan fingerprint density at radius 1 is 1.16 bits per heavy atom. The average molecular weight is 344 g/mol. The lowest BCUT2D eigenvalue weighted by atomic mass is 10.0. The molecule has 0 aliphatic rings. The molecule has 1 atom stereocenters. The number of aromatic amines is 1. The lowest BCUT2D eigenvalue weighted by Gasteiger charge is -2.15. The highest BCUT2D eigenvalue weighted by Gasteiger charge is 2.37. The lowest BCUT2D eigenvalue weighted by Crippen LogP contribution is -2.39. The van der Waals surface area contributed by atoms with Crippen molar-refractivity contribution < 1.29 is 13.2 Å². The smallest absolute Gasteiger partial charge is 0.345 e. The second-order valence-electron chi connectivity index (χ2n) is 5.15. The van der Waals surface area contributed by atoms with Crippen LogP contribution in [0.25, 0.3) is 0 Å². The number of nitrogens with two attached hydrogens (primary N) is 1. The normalized spacial score (nSPS) is 13.8. The standard InChI is InChI=1S/C12H20F3N3.BrH/c1-6(2)10-8(5-9(16)12(13,14)15)17-11(18-10)7(3)4;/h6-7,9H,5,16H2,1-4H3,(H,17,18);1H. The Morgan fingerprint density at radius 3 is 2.05 bits per heavy atom. The molecule has 0 saturated heterocycles. The summed E-state index contributed by atoms with van der Waals surface area (Å²) in [6.45, 7) is 7.69. The van der Waals surface area contributed by atoms with Gasteiger partial charge in [-0.2, -0.15) is 13.2 Å². The van der Waals surface area contributed by atoms with Crippen LogP contribution in [-0.2, 0) is 6.42 Å². The molecule has 112 valence electrons. The van der Waals surface area contributed by atoms with E-state index < -0.39 is 12.2 Å². The first-order valence-corrected chi connectivity index (χ1v) is 6.03. The summed E-state index contributed by atoms with van der Waals surface area (Å²) in [6.07, 6.45) is -4.63. The Balaban J connectivity index is 0.00000324. The monoisotopic (exact) mass is 343 g/mol. The Hall–Kier alpha value is -0.560. The fraction of sp³-hybridized carbons (Fsp3) is 0.750. The van der Waals surface area contributed by atoms with E-state index in [0.29, 0.717) is 17.2 Å². The highest BCUT2D eigenvalue weighted by Crippen LogP contribution is 2.26. The summed E-state index contributed by atoms with van der Waals surface area (Å²) in [6, 6.07) is -1.85. The zero-order valence-electron chi connectivity index (χ0n) is 11.5. The Bertz CT molecular complexity index is 399. The molecule has 19 heavy (non-hydrogen) atoms. The van der Waals surface area contributed by atoms with Crippen molar-refractivity contribution in [2.75, 3.05) is 0 Å². The van der Waals surface area contributed by atoms with Gasteiger partial charge in [-0.05, 0) is 5.92 Å². The SMILES string of the molecule is Br.CC(C)c1nc(C(C)C)c(CC(N)C(F)(F)F)[nH]1. The highest BCUT2D eigenvalue weighted by molar-refractivity contribution is 8.93. The summed E-state index contributed by atoms with van der Waals surface area (Å²) in [5, 5.41) is 0. The van der Waals surface area contributed by atoms with Crippen LogP contribution in [0.5, 0.6) is 0 Å². The van der Waals surface area contributed by atoms with Gasteiger partial charge in [0.1, 0.15) is 11.9 Å². The molecule has 0 aliphatic heterocycles. The number of alkyl halides is 3. The van der Waals surface area contributed by atoms with E-state index in [2.05, 4.69) is 9.97 Å². The van der Waals surface area contributed by atoms with Crippen molar-refractivity contribution in [1.29, 1.82) is 0 Å². The van der Waals surface area contributed by atoms with Crippen molar-refractivity contribution in [2.24, 2.45) is 5.73 Å². The van der Waals surface area contributed by atoms with Crippen LogP contribution in [0.2, 0.25) is 0 Å². The second kappa shape index (κ2) is 6.74. The number of hydrogen-bond acceptors (Lipinski definition) is 2. The van der Waals surface area contributed by atoms with Crippen LogP contribution in [0.4, 0.5) is 13.2 Å². The number of halogens is 4. The van der Waals surface area contributed by atoms with E-state index in [4.69, 9.17) is 5.73 Å².